The quantitative estimate of drug-likeness (QED) is 0.110. The van der Waals surface area contributed by atoms with Gasteiger partial charge in [-0.3, -0.25) is 0 Å². The van der Waals surface area contributed by atoms with Crippen LogP contribution in [0.3, 0.4) is 0 Å². The molecule has 0 aliphatic heterocycles. The van der Waals surface area contributed by atoms with Gasteiger partial charge in [0.15, 0.2) is 7.14 Å². The van der Waals surface area contributed by atoms with E-state index in [1.165, 1.54) is 66.1 Å². The minimum Gasteiger partial charge on any atom is -0.309 e. The van der Waals surface area contributed by atoms with E-state index in [-0.39, 0.29) is 0 Å². The third-order valence-electron chi connectivity index (χ3n) is 12.3. The first kappa shape index (κ1) is 37.4. The lowest BCUT2D eigenvalue weighted by atomic mass is 9.84. The van der Waals surface area contributed by atoms with Gasteiger partial charge in [-0.15, -0.1) is 0 Å². The summed E-state index contributed by atoms with van der Waals surface area (Å²) in [7, 11) is -3.10. The molecule has 1 nitrogen and oxygen atoms in total. The molecule has 0 aliphatic carbocycles. The van der Waals surface area contributed by atoms with Crippen LogP contribution in [0.25, 0.3) is 88.0 Å². The second kappa shape index (κ2) is 15.8. The van der Waals surface area contributed by atoms with Gasteiger partial charge in [0.05, 0.1) is 0 Å². The standard InChI is InChI=1S/C60H41OP/c61-62(52-19-9-3-10-20-52,53-21-11-4-12-22-53)54-37-35-49-39-48(33-34-50(49)40-54)51-36-38-57-58(41-51)60(47-31-27-45(28-32-47)43-17-7-2-8-18-43)56-24-14-13-23-55(56)59(57)46-29-25-44(26-30-46)42-15-5-1-6-16-42/h1-41H. The molecule has 292 valence electrons. The van der Waals surface area contributed by atoms with Crippen molar-refractivity contribution in [3.05, 3.63) is 249 Å². The number of benzene rings is 11. The Kier molecular flexibility index (Phi) is 9.54. The molecule has 11 rings (SSSR count). The average Bonchev–Trinajstić information content (AvgIpc) is 3.36. The summed E-state index contributed by atoms with van der Waals surface area (Å²) in [6.07, 6.45) is 0. The molecule has 62 heavy (non-hydrogen) atoms. The van der Waals surface area contributed by atoms with Gasteiger partial charge in [-0.05, 0) is 106 Å². The van der Waals surface area contributed by atoms with Crippen LogP contribution in [-0.2, 0) is 4.57 Å². The summed E-state index contributed by atoms with van der Waals surface area (Å²) in [5.74, 6) is 0. The predicted octanol–water partition coefficient (Wildman–Crippen LogP) is 15.1. The maximum atomic E-state index is 15.2. The van der Waals surface area contributed by atoms with Crippen molar-refractivity contribution in [3.8, 4) is 55.6 Å². The normalized spacial score (nSPS) is 11.6. The summed E-state index contributed by atoms with van der Waals surface area (Å²) in [5, 5.41) is 9.54. The molecule has 0 saturated heterocycles. The lowest BCUT2D eigenvalue weighted by Gasteiger charge is -2.20. The van der Waals surface area contributed by atoms with Crippen LogP contribution in [0.2, 0.25) is 0 Å². The molecule has 0 atom stereocenters. The van der Waals surface area contributed by atoms with Crippen LogP contribution in [-0.4, -0.2) is 0 Å². The molecule has 0 heterocycles. The van der Waals surface area contributed by atoms with Gasteiger partial charge < -0.3 is 4.57 Å². The smallest absolute Gasteiger partial charge is 0.171 e. The summed E-state index contributed by atoms with van der Waals surface area (Å²) in [4.78, 5) is 0. The number of hydrogen-bond donors (Lipinski definition) is 0. The maximum Gasteiger partial charge on any atom is 0.171 e. The monoisotopic (exact) mass is 808 g/mol. The molecular weight excluding hydrogens is 768 g/mol. The van der Waals surface area contributed by atoms with Crippen molar-refractivity contribution in [2.75, 3.05) is 0 Å². The molecule has 0 spiro atoms. The van der Waals surface area contributed by atoms with E-state index in [1.807, 2.05) is 60.7 Å². The molecule has 0 amide bonds. The largest absolute Gasteiger partial charge is 0.309 e. The average molecular weight is 809 g/mol. The second-order valence-electron chi connectivity index (χ2n) is 16.0. The molecule has 11 aromatic rings. The van der Waals surface area contributed by atoms with Crippen LogP contribution in [0.4, 0.5) is 0 Å². The Morgan fingerprint density at radius 3 is 1.11 bits per heavy atom. The van der Waals surface area contributed by atoms with Gasteiger partial charge in [-0.1, -0.05) is 231 Å². The lowest BCUT2D eigenvalue weighted by molar-refractivity contribution is 0.592. The third-order valence-corrected chi connectivity index (χ3v) is 15.4. The van der Waals surface area contributed by atoms with Gasteiger partial charge in [0.25, 0.3) is 0 Å². The van der Waals surface area contributed by atoms with Crippen molar-refractivity contribution in [3.63, 3.8) is 0 Å². The van der Waals surface area contributed by atoms with Gasteiger partial charge in [-0.2, -0.15) is 0 Å². The first-order chi connectivity index (χ1) is 30.6. The lowest BCUT2D eigenvalue weighted by Crippen LogP contribution is -2.24. The predicted molar refractivity (Wildman–Crippen MR) is 266 cm³/mol. The van der Waals surface area contributed by atoms with E-state index in [9.17, 15) is 0 Å². The molecule has 0 unspecified atom stereocenters. The van der Waals surface area contributed by atoms with Gasteiger partial charge >= 0.3 is 0 Å². The van der Waals surface area contributed by atoms with E-state index in [1.54, 1.807) is 0 Å². The van der Waals surface area contributed by atoms with E-state index in [0.29, 0.717) is 0 Å². The summed E-state index contributed by atoms with van der Waals surface area (Å²) in [6, 6.07) is 87.9. The minimum atomic E-state index is -3.10. The SMILES string of the molecule is O=P(c1ccccc1)(c1ccccc1)c1ccc2cc(-c3ccc4c(-c5ccc(-c6ccccc6)cc5)c5ccccc5c(-c5ccc(-c6ccccc6)cc5)c4c3)ccc2c1. The van der Waals surface area contributed by atoms with Crippen LogP contribution in [0.1, 0.15) is 0 Å². The molecule has 0 aliphatic rings. The molecular formula is C60H41OP. The van der Waals surface area contributed by atoms with Gasteiger partial charge in [0.1, 0.15) is 0 Å². The van der Waals surface area contributed by atoms with Crippen LogP contribution in [0.5, 0.6) is 0 Å². The minimum absolute atomic E-state index is 0.833. The fraction of sp³-hybridized carbons (Fsp3) is 0. The Bertz CT molecular complexity index is 3390. The van der Waals surface area contributed by atoms with Crippen molar-refractivity contribution < 1.29 is 4.57 Å². The van der Waals surface area contributed by atoms with Crippen molar-refractivity contribution in [1.29, 1.82) is 0 Å². The number of rotatable bonds is 8. The van der Waals surface area contributed by atoms with Gasteiger partial charge in [-0.25, -0.2) is 0 Å². The molecule has 0 bridgehead atoms. The Balaban J connectivity index is 1.07. The molecule has 0 fully saturated rings. The molecule has 0 aromatic heterocycles. The summed E-state index contributed by atoms with van der Waals surface area (Å²) in [6.45, 7) is 0. The highest BCUT2D eigenvalue weighted by Crippen LogP contribution is 2.46. The Labute approximate surface area is 362 Å². The molecule has 2 heteroatoms. The van der Waals surface area contributed by atoms with Crippen LogP contribution >= 0.6 is 7.14 Å². The van der Waals surface area contributed by atoms with Crippen LogP contribution in [0.15, 0.2) is 249 Å². The summed E-state index contributed by atoms with van der Waals surface area (Å²) >= 11 is 0. The Hall–Kier alpha value is -7.57. The van der Waals surface area contributed by atoms with Crippen molar-refractivity contribution in [2.45, 2.75) is 0 Å². The molecule has 0 saturated carbocycles. The molecule has 0 N–H and O–H groups in total. The highest BCUT2D eigenvalue weighted by atomic mass is 31.2. The van der Waals surface area contributed by atoms with Crippen molar-refractivity contribution in [1.82, 2.24) is 0 Å². The highest BCUT2D eigenvalue weighted by molar-refractivity contribution is 7.85. The van der Waals surface area contributed by atoms with Gasteiger partial charge in [0.2, 0.25) is 0 Å². The zero-order chi connectivity index (χ0) is 41.5. The second-order valence-corrected chi connectivity index (χ2v) is 18.7. The van der Waals surface area contributed by atoms with E-state index in [4.69, 9.17) is 0 Å². The Morgan fingerprint density at radius 1 is 0.226 bits per heavy atom. The van der Waals surface area contributed by atoms with Gasteiger partial charge in [0, 0.05) is 15.9 Å². The van der Waals surface area contributed by atoms with Crippen molar-refractivity contribution in [2.24, 2.45) is 0 Å². The zero-order valence-corrected chi connectivity index (χ0v) is 34.9. The van der Waals surface area contributed by atoms with Crippen LogP contribution < -0.4 is 15.9 Å². The van der Waals surface area contributed by atoms with Crippen LogP contribution in [0, 0.1) is 0 Å². The van der Waals surface area contributed by atoms with E-state index < -0.39 is 7.14 Å². The fourth-order valence-electron chi connectivity index (χ4n) is 9.23. The number of hydrogen-bond acceptors (Lipinski definition) is 1. The first-order valence-corrected chi connectivity index (χ1v) is 22.9. The Morgan fingerprint density at radius 2 is 0.581 bits per heavy atom. The molecule has 11 aromatic carbocycles. The maximum absolute atomic E-state index is 15.2. The topological polar surface area (TPSA) is 17.1 Å². The summed E-state index contributed by atoms with van der Waals surface area (Å²) in [5.41, 5.74) is 11.9. The molecule has 0 radical (unpaired) electrons. The zero-order valence-electron chi connectivity index (χ0n) is 34.0. The fourth-order valence-corrected chi connectivity index (χ4v) is 11.9. The third kappa shape index (κ3) is 6.65. The van der Waals surface area contributed by atoms with E-state index in [2.05, 4.69) is 188 Å². The summed E-state index contributed by atoms with van der Waals surface area (Å²) < 4.78 is 15.2. The van der Waals surface area contributed by atoms with Crippen molar-refractivity contribution >= 4 is 55.4 Å². The first-order valence-electron chi connectivity index (χ1n) is 21.2. The van der Waals surface area contributed by atoms with E-state index in [0.717, 1.165) is 37.8 Å². The number of fused-ring (bicyclic) bond motifs is 3. The van der Waals surface area contributed by atoms with E-state index >= 15 is 4.57 Å². The highest BCUT2D eigenvalue weighted by Gasteiger charge is 2.29.